The van der Waals surface area contributed by atoms with Crippen molar-refractivity contribution in [2.45, 2.75) is 19.6 Å². The maximum Gasteiger partial charge on any atom is 0.0677 e. The predicted octanol–water partition coefficient (Wildman–Crippen LogP) is 2.92. The Labute approximate surface area is 95.3 Å². The largest absolute Gasteiger partial charge is 0.238 e. The van der Waals surface area contributed by atoms with Crippen LogP contribution in [0.25, 0.3) is 5.69 Å². The van der Waals surface area contributed by atoms with Crippen molar-refractivity contribution in [3.05, 3.63) is 47.3 Å². The van der Waals surface area contributed by atoms with Gasteiger partial charge in [-0.3, -0.25) is 0 Å². The summed E-state index contributed by atoms with van der Waals surface area (Å²) in [5.41, 5.74) is 4.72. The van der Waals surface area contributed by atoms with E-state index in [0.717, 1.165) is 11.4 Å². The van der Waals surface area contributed by atoms with Crippen LogP contribution in [0.15, 0.2) is 30.5 Å². The molecule has 0 radical (unpaired) electrons. The van der Waals surface area contributed by atoms with Gasteiger partial charge in [0.15, 0.2) is 0 Å². The Morgan fingerprint density at radius 3 is 2.60 bits per heavy atom. The molecular weight excluding hydrogens is 204 g/mol. The van der Waals surface area contributed by atoms with Crippen molar-refractivity contribution in [1.29, 1.82) is 0 Å². The SMILES string of the molecule is Cc1ccccc1-n1ncc(CS)c1C. The first-order chi connectivity index (χ1) is 7.24. The van der Waals surface area contributed by atoms with Gasteiger partial charge in [-0.1, -0.05) is 18.2 Å². The molecule has 0 aliphatic heterocycles. The summed E-state index contributed by atoms with van der Waals surface area (Å²) in [6.07, 6.45) is 1.88. The number of aromatic nitrogens is 2. The van der Waals surface area contributed by atoms with Gasteiger partial charge in [-0.05, 0) is 25.5 Å². The molecular formula is C12H14N2S. The smallest absolute Gasteiger partial charge is 0.0677 e. The highest BCUT2D eigenvalue weighted by Gasteiger charge is 2.07. The van der Waals surface area contributed by atoms with Crippen molar-refractivity contribution < 1.29 is 0 Å². The molecule has 2 rings (SSSR count). The average Bonchev–Trinajstić information content (AvgIpc) is 2.60. The van der Waals surface area contributed by atoms with Crippen LogP contribution in [0.5, 0.6) is 0 Å². The summed E-state index contributed by atoms with van der Waals surface area (Å²) in [5, 5.41) is 4.39. The zero-order valence-corrected chi connectivity index (χ0v) is 9.83. The molecule has 0 bridgehead atoms. The fourth-order valence-corrected chi connectivity index (χ4v) is 1.95. The van der Waals surface area contributed by atoms with E-state index in [1.165, 1.54) is 16.8 Å². The lowest BCUT2D eigenvalue weighted by atomic mass is 10.2. The number of hydrogen-bond acceptors (Lipinski definition) is 2. The van der Waals surface area contributed by atoms with Crippen molar-refractivity contribution in [1.82, 2.24) is 9.78 Å². The number of rotatable bonds is 2. The van der Waals surface area contributed by atoms with E-state index in [2.05, 4.69) is 43.7 Å². The molecule has 3 heteroatoms. The molecule has 2 aromatic rings. The Hall–Kier alpha value is -1.22. The first kappa shape index (κ1) is 10.3. The van der Waals surface area contributed by atoms with Gasteiger partial charge in [-0.25, -0.2) is 4.68 Å². The number of hydrogen-bond donors (Lipinski definition) is 1. The van der Waals surface area contributed by atoms with Crippen molar-refractivity contribution in [2.75, 3.05) is 0 Å². The molecule has 15 heavy (non-hydrogen) atoms. The standard InChI is InChI=1S/C12H14N2S/c1-9-5-3-4-6-12(9)14-10(2)11(8-15)7-13-14/h3-7,15H,8H2,1-2H3. The van der Waals surface area contributed by atoms with Crippen LogP contribution < -0.4 is 0 Å². The van der Waals surface area contributed by atoms with Gasteiger partial charge >= 0.3 is 0 Å². The van der Waals surface area contributed by atoms with Crippen molar-refractivity contribution in [2.24, 2.45) is 0 Å². The Morgan fingerprint density at radius 1 is 1.27 bits per heavy atom. The molecule has 0 saturated heterocycles. The molecule has 0 N–H and O–H groups in total. The summed E-state index contributed by atoms with van der Waals surface area (Å²) in [4.78, 5) is 0. The average molecular weight is 218 g/mol. The third-order valence-electron chi connectivity index (χ3n) is 2.63. The maximum atomic E-state index is 4.39. The lowest BCUT2D eigenvalue weighted by Crippen LogP contribution is -2.01. The Balaban J connectivity index is 2.55. The van der Waals surface area contributed by atoms with Crippen molar-refractivity contribution in [3.63, 3.8) is 0 Å². The zero-order valence-electron chi connectivity index (χ0n) is 8.94. The summed E-state index contributed by atoms with van der Waals surface area (Å²) in [6.45, 7) is 4.17. The van der Waals surface area contributed by atoms with Gasteiger partial charge < -0.3 is 0 Å². The topological polar surface area (TPSA) is 17.8 Å². The first-order valence-corrected chi connectivity index (χ1v) is 5.57. The van der Waals surface area contributed by atoms with Gasteiger partial charge in [0.1, 0.15) is 0 Å². The van der Waals surface area contributed by atoms with Gasteiger partial charge in [0.25, 0.3) is 0 Å². The third kappa shape index (κ3) is 1.79. The van der Waals surface area contributed by atoms with Crippen LogP contribution in [0, 0.1) is 13.8 Å². The lowest BCUT2D eigenvalue weighted by Gasteiger charge is -2.07. The van der Waals surface area contributed by atoms with E-state index in [0.29, 0.717) is 0 Å². The van der Waals surface area contributed by atoms with E-state index in [9.17, 15) is 0 Å². The van der Waals surface area contributed by atoms with Gasteiger partial charge in [-0.15, -0.1) is 0 Å². The minimum Gasteiger partial charge on any atom is -0.238 e. The maximum absolute atomic E-state index is 4.39. The Bertz CT molecular complexity index is 474. The highest BCUT2D eigenvalue weighted by molar-refractivity contribution is 7.79. The summed E-state index contributed by atoms with van der Waals surface area (Å²) in [7, 11) is 0. The fraction of sp³-hybridized carbons (Fsp3) is 0.250. The molecule has 1 heterocycles. The normalized spacial score (nSPS) is 10.6. The second-order valence-corrected chi connectivity index (χ2v) is 3.93. The predicted molar refractivity (Wildman–Crippen MR) is 65.7 cm³/mol. The van der Waals surface area contributed by atoms with E-state index in [1.807, 2.05) is 23.0 Å². The molecule has 1 aromatic heterocycles. The highest BCUT2D eigenvalue weighted by Crippen LogP contribution is 2.18. The zero-order chi connectivity index (χ0) is 10.8. The molecule has 0 unspecified atom stereocenters. The van der Waals surface area contributed by atoms with E-state index in [1.54, 1.807) is 0 Å². The number of aryl methyl sites for hydroxylation is 1. The van der Waals surface area contributed by atoms with Crippen LogP contribution >= 0.6 is 12.6 Å². The number of nitrogens with zero attached hydrogens (tertiary/aromatic N) is 2. The van der Waals surface area contributed by atoms with Crippen molar-refractivity contribution in [3.8, 4) is 5.69 Å². The molecule has 0 atom stereocenters. The number of benzene rings is 1. The van der Waals surface area contributed by atoms with Crippen LogP contribution in [0.3, 0.4) is 0 Å². The first-order valence-electron chi connectivity index (χ1n) is 4.94. The molecule has 0 fully saturated rings. The van der Waals surface area contributed by atoms with E-state index >= 15 is 0 Å². The third-order valence-corrected chi connectivity index (χ3v) is 2.97. The highest BCUT2D eigenvalue weighted by atomic mass is 32.1. The second kappa shape index (κ2) is 4.11. The molecule has 0 aliphatic rings. The Kier molecular flexibility index (Phi) is 2.82. The minimum absolute atomic E-state index is 0.734. The fourth-order valence-electron chi connectivity index (χ4n) is 1.64. The number of para-hydroxylation sites is 1. The lowest BCUT2D eigenvalue weighted by molar-refractivity contribution is 0.839. The molecule has 0 amide bonds. The molecule has 78 valence electrons. The van der Waals surface area contributed by atoms with E-state index < -0.39 is 0 Å². The van der Waals surface area contributed by atoms with Gasteiger partial charge in [0, 0.05) is 17.0 Å². The van der Waals surface area contributed by atoms with Crippen LogP contribution in [0.1, 0.15) is 16.8 Å². The monoisotopic (exact) mass is 218 g/mol. The summed E-state index contributed by atoms with van der Waals surface area (Å²) >= 11 is 4.28. The van der Waals surface area contributed by atoms with Crippen LogP contribution in [-0.2, 0) is 5.75 Å². The van der Waals surface area contributed by atoms with E-state index in [4.69, 9.17) is 0 Å². The number of thiol groups is 1. The second-order valence-electron chi connectivity index (χ2n) is 3.61. The van der Waals surface area contributed by atoms with Crippen LogP contribution in [0.2, 0.25) is 0 Å². The molecule has 0 saturated carbocycles. The van der Waals surface area contributed by atoms with Gasteiger partial charge in [-0.2, -0.15) is 17.7 Å². The van der Waals surface area contributed by atoms with Gasteiger partial charge in [0.05, 0.1) is 11.9 Å². The Morgan fingerprint density at radius 2 is 2.00 bits per heavy atom. The quantitative estimate of drug-likeness (QED) is 0.767. The minimum atomic E-state index is 0.734. The van der Waals surface area contributed by atoms with Crippen LogP contribution in [-0.4, -0.2) is 9.78 Å². The summed E-state index contributed by atoms with van der Waals surface area (Å²) in [6, 6.07) is 8.25. The molecule has 2 nitrogen and oxygen atoms in total. The summed E-state index contributed by atoms with van der Waals surface area (Å²) < 4.78 is 1.97. The molecule has 0 spiro atoms. The van der Waals surface area contributed by atoms with Gasteiger partial charge in [0.2, 0.25) is 0 Å². The van der Waals surface area contributed by atoms with Crippen LogP contribution in [0.4, 0.5) is 0 Å². The molecule has 1 aromatic carbocycles. The van der Waals surface area contributed by atoms with E-state index in [-0.39, 0.29) is 0 Å². The molecule has 0 aliphatic carbocycles. The summed E-state index contributed by atoms with van der Waals surface area (Å²) in [5.74, 6) is 0.734. The van der Waals surface area contributed by atoms with Crippen molar-refractivity contribution >= 4 is 12.6 Å².